The summed E-state index contributed by atoms with van der Waals surface area (Å²) in [6.45, 7) is 1.74. The van der Waals surface area contributed by atoms with E-state index in [0.29, 0.717) is 17.0 Å². The van der Waals surface area contributed by atoms with E-state index in [1.807, 2.05) is 12.1 Å². The van der Waals surface area contributed by atoms with E-state index in [0.717, 1.165) is 0 Å². The lowest BCUT2D eigenvalue weighted by molar-refractivity contribution is 0.100. The number of carbonyl (C=O) groups excluding carboxylic acids is 1. The van der Waals surface area contributed by atoms with Crippen molar-refractivity contribution < 1.29 is 4.79 Å². The van der Waals surface area contributed by atoms with Gasteiger partial charge in [-0.2, -0.15) is 15.2 Å². The third-order valence-corrected chi connectivity index (χ3v) is 5.01. The van der Waals surface area contributed by atoms with Crippen molar-refractivity contribution in [2.75, 3.05) is 16.8 Å². The van der Waals surface area contributed by atoms with Crippen molar-refractivity contribution >= 4 is 34.4 Å². The second-order valence-electron chi connectivity index (χ2n) is 7.18. The lowest BCUT2D eigenvalue weighted by Gasteiger charge is -2.21. The van der Waals surface area contributed by atoms with Crippen molar-refractivity contribution in [3.8, 4) is 11.8 Å². The summed E-state index contributed by atoms with van der Waals surface area (Å²) >= 11 is 0. The highest BCUT2D eigenvalue weighted by Crippen LogP contribution is 2.25. The van der Waals surface area contributed by atoms with Gasteiger partial charge < -0.3 is 22.5 Å². The zero-order valence-corrected chi connectivity index (χ0v) is 17.5. The molecule has 2 heterocycles. The number of rotatable bonds is 5. The number of fused-ring (bicyclic) bond motifs is 1. The molecule has 0 spiro atoms. The molecule has 11 nitrogen and oxygen atoms in total. The summed E-state index contributed by atoms with van der Waals surface area (Å²) in [5, 5.41) is 12.6. The first-order chi connectivity index (χ1) is 15.8. The molecule has 0 saturated carbocycles. The minimum atomic E-state index is -0.733. The van der Waals surface area contributed by atoms with Crippen LogP contribution in [0, 0.1) is 11.3 Å². The molecule has 0 aliphatic rings. The van der Waals surface area contributed by atoms with Crippen LogP contribution in [-0.4, -0.2) is 25.4 Å². The number of nitrogens with two attached hydrogens (primary N) is 3. The van der Waals surface area contributed by atoms with E-state index in [1.165, 1.54) is 10.6 Å². The highest BCUT2D eigenvalue weighted by atomic mass is 16.1. The van der Waals surface area contributed by atoms with Gasteiger partial charge in [-0.1, -0.05) is 24.3 Å². The molecule has 1 unspecified atom stereocenters. The largest absolute Gasteiger partial charge is 0.382 e. The van der Waals surface area contributed by atoms with Crippen molar-refractivity contribution in [3.63, 3.8) is 0 Å². The van der Waals surface area contributed by atoms with Crippen LogP contribution in [0.1, 0.15) is 34.7 Å². The Morgan fingerprint density at radius 1 is 1.09 bits per heavy atom. The van der Waals surface area contributed by atoms with Crippen LogP contribution in [0.4, 0.5) is 17.6 Å². The van der Waals surface area contributed by atoms with Gasteiger partial charge in [-0.15, -0.1) is 0 Å². The Labute approximate surface area is 187 Å². The van der Waals surface area contributed by atoms with E-state index >= 15 is 0 Å². The number of nitrogen functional groups attached to an aromatic ring is 2. The number of nitrogens with zero attached hydrogens (tertiary/aromatic N) is 5. The van der Waals surface area contributed by atoms with Crippen LogP contribution in [0.15, 0.2) is 53.3 Å². The molecule has 11 heteroatoms. The van der Waals surface area contributed by atoms with Gasteiger partial charge in [0, 0.05) is 0 Å². The molecule has 7 N–H and O–H groups in total. The number of benzene rings is 2. The van der Waals surface area contributed by atoms with Gasteiger partial charge in [0.25, 0.3) is 5.56 Å². The predicted molar refractivity (Wildman–Crippen MR) is 123 cm³/mol. The lowest BCUT2D eigenvalue weighted by atomic mass is 10.1. The fraction of sp³-hybridized carbons (Fsp3) is 0.0909. The Morgan fingerprint density at radius 3 is 2.48 bits per heavy atom. The average molecular weight is 441 g/mol. The maximum Gasteiger partial charge on any atom is 0.266 e. The van der Waals surface area contributed by atoms with E-state index in [-0.39, 0.29) is 34.1 Å². The van der Waals surface area contributed by atoms with Gasteiger partial charge in [0.1, 0.15) is 23.3 Å². The van der Waals surface area contributed by atoms with Crippen LogP contribution in [0.2, 0.25) is 0 Å². The molecule has 1 atom stereocenters. The summed E-state index contributed by atoms with van der Waals surface area (Å²) < 4.78 is 1.38. The topological polar surface area (TPSA) is 192 Å². The zero-order valence-electron chi connectivity index (χ0n) is 17.5. The van der Waals surface area contributed by atoms with Gasteiger partial charge in [0.15, 0.2) is 5.82 Å². The smallest absolute Gasteiger partial charge is 0.266 e. The second kappa shape index (κ2) is 8.27. The van der Waals surface area contributed by atoms with Crippen molar-refractivity contribution in [3.05, 3.63) is 75.8 Å². The molecule has 0 aliphatic heterocycles. The molecular weight excluding hydrogens is 422 g/mol. The summed E-state index contributed by atoms with van der Waals surface area (Å²) in [5.41, 5.74) is 17.5. The van der Waals surface area contributed by atoms with Crippen molar-refractivity contribution in [1.82, 2.24) is 19.5 Å². The number of nitriles is 1. The quantitative estimate of drug-likeness (QED) is 0.355. The average Bonchev–Trinajstić information content (AvgIpc) is 2.78. The maximum absolute atomic E-state index is 13.6. The summed E-state index contributed by atoms with van der Waals surface area (Å²) in [6.07, 6.45) is 0. The Bertz CT molecular complexity index is 1490. The van der Waals surface area contributed by atoms with Gasteiger partial charge in [-0.25, -0.2) is 4.98 Å². The minimum Gasteiger partial charge on any atom is -0.382 e. The molecule has 0 aliphatic carbocycles. The molecule has 1 amide bonds. The normalized spacial score (nSPS) is 11.6. The van der Waals surface area contributed by atoms with Crippen molar-refractivity contribution in [2.45, 2.75) is 13.0 Å². The standard InChI is InChI=1S/C22H19N9O2/c1-11(27-19-14(10-23)17(24)29-22(26)30-19)20-28-15-9-5-8-13(18(25)32)16(15)21(33)31(20)12-6-3-2-4-7-12/h2-9,11H,1H3,(H2,25,32)(H5,24,26,27,29,30). The number of amides is 1. The molecule has 4 rings (SSSR count). The van der Waals surface area contributed by atoms with E-state index in [4.69, 9.17) is 17.2 Å². The molecule has 0 saturated heterocycles. The fourth-order valence-electron chi connectivity index (χ4n) is 3.55. The highest BCUT2D eigenvalue weighted by Gasteiger charge is 2.22. The minimum absolute atomic E-state index is 0.0152. The monoisotopic (exact) mass is 441 g/mol. The number of hydrogen-bond donors (Lipinski definition) is 4. The van der Waals surface area contributed by atoms with Crippen LogP contribution >= 0.6 is 0 Å². The molecule has 164 valence electrons. The van der Waals surface area contributed by atoms with Crippen LogP contribution in [0.3, 0.4) is 0 Å². The Hall–Kier alpha value is -4.98. The number of hydrogen-bond acceptors (Lipinski definition) is 9. The number of nitrogens with one attached hydrogen (secondary N) is 1. The van der Waals surface area contributed by atoms with Gasteiger partial charge in [0.05, 0.1) is 28.2 Å². The molecule has 0 radical (unpaired) electrons. The molecule has 0 fully saturated rings. The first-order valence-corrected chi connectivity index (χ1v) is 9.82. The number of anilines is 3. The van der Waals surface area contributed by atoms with Gasteiger partial charge >= 0.3 is 0 Å². The highest BCUT2D eigenvalue weighted by molar-refractivity contribution is 6.05. The molecule has 0 bridgehead atoms. The fourth-order valence-corrected chi connectivity index (χ4v) is 3.55. The number of carbonyl (C=O) groups is 1. The number of aromatic nitrogens is 4. The van der Waals surface area contributed by atoms with Crippen LogP contribution in [-0.2, 0) is 0 Å². The van der Waals surface area contributed by atoms with Crippen LogP contribution in [0.25, 0.3) is 16.6 Å². The third kappa shape index (κ3) is 3.77. The molecule has 2 aromatic carbocycles. The van der Waals surface area contributed by atoms with Crippen LogP contribution in [0.5, 0.6) is 0 Å². The molecule has 4 aromatic rings. The van der Waals surface area contributed by atoms with E-state index < -0.39 is 17.5 Å². The first-order valence-electron chi connectivity index (χ1n) is 9.82. The zero-order chi connectivity index (χ0) is 23.7. The summed E-state index contributed by atoms with van der Waals surface area (Å²) in [7, 11) is 0. The SMILES string of the molecule is CC(Nc1nc(N)nc(N)c1C#N)c1nc2cccc(C(N)=O)c2c(=O)n1-c1ccccc1. The Balaban J connectivity index is 1.97. The summed E-state index contributed by atoms with van der Waals surface area (Å²) in [4.78, 5) is 38.1. The van der Waals surface area contributed by atoms with E-state index in [1.54, 1.807) is 43.3 Å². The Kier molecular flexibility index (Phi) is 5.33. The van der Waals surface area contributed by atoms with E-state index in [9.17, 15) is 14.9 Å². The van der Waals surface area contributed by atoms with Crippen LogP contribution < -0.4 is 28.1 Å². The number of para-hydroxylation sites is 1. The summed E-state index contributed by atoms with van der Waals surface area (Å²) in [6, 6.07) is 14.8. The molecular formula is C22H19N9O2. The third-order valence-electron chi connectivity index (χ3n) is 5.01. The Morgan fingerprint density at radius 2 is 1.82 bits per heavy atom. The van der Waals surface area contributed by atoms with Crippen molar-refractivity contribution in [1.29, 1.82) is 5.26 Å². The number of primary amides is 1. The van der Waals surface area contributed by atoms with Gasteiger partial charge in [-0.05, 0) is 31.2 Å². The van der Waals surface area contributed by atoms with Gasteiger partial charge in [0.2, 0.25) is 11.9 Å². The molecule has 33 heavy (non-hydrogen) atoms. The lowest BCUT2D eigenvalue weighted by Crippen LogP contribution is -2.29. The predicted octanol–water partition coefficient (Wildman–Crippen LogP) is 1.48. The van der Waals surface area contributed by atoms with E-state index in [2.05, 4.69) is 20.3 Å². The second-order valence-corrected chi connectivity index (χ2v) is 7.18. The first kappa shape index (κ1) is 21.3. The maximum atomic E-state index is 13.6. The van der Waals surface area contributed by atoms with Gasteiger partial charge in [-0.3, -0.25) is 14.2 Å². The summed E-state index contributed by atoms with van der Waals surface area (Å²) in [5.74, 6) is -0.504. The van der Waals surface area contributed by atoms with Crippen molar-refractivity contribution in [2.24, 2.45) is 5.73 Å². The molecule has 2 aromatic heterocycles.